The third-order valence-corrected chi connectivity index (χ3v) is 4.76. The van der Waals surface area contributed by atoms with Gasteiger partial charge in [0.1, 0.15) is 5.82 Å². The molecule has 8 heteroatoms. The number of carbonyl (C=O) groups is 1. The first-order valence-corrected chi connectivity index (χ1v) is 8.43. The van der Waals surface area contributed by atoms with Crippen LogP contribution >= 0.6 is 24.8 Å². The van der Waals surface area contributed by atoms with E-state index >= 15 is 0 Å². The highest BCUT2D eigenvalue weighted by Gasteiger charge is 2.20. The molecular weight excluding hydrogens is 366 g/mol. The SMILES string of the molecule is CCN1CCN(CC(=O)Nc2ccc3c(c2F)CCNC3)CC1.Cl.Cl. The van der Waals surface area contributed by atoms with Crippen LogP contribution in [0.1, 0.15) is 18.1 Å². The van der Waals surface area contributed by atoms with Gasteiger partial charge in [-0.15, -0.1) is 24.8 Å². The molecule has 0 spiro atoms. The molecule has 0 bridgehead atoms. The lowest BCUT2D eigenvalue weighted by molar-refractivity contribution is -0.117. The zero-order valence-electron chi connectivity index (χ0n) is 14.5. The minimum atomic E-state index is -0.270. The van der Waals surface area contributed by atoms with E-state index < -0.39 is 0 Å². The van der Waals surface area contributed by atoms with E-state index in [1.54, 1.807) is 6.07 Å². The second-order valence-corrected chi connectivity index (χ2v) is 6.25. The van der Waals surface area contributed by atoms with Gasteiger partial charge in [-0.2, -0.15) is 0 Å². The van der Waals surface area contributed by atoms with Crippen LogP contribution in [0.2, 0.25) is 0 Å². The predicted molar refractivity (Wildman–Crippen MR) is 103 cm³/mol. The van der Waals surface area contributed by atoms with Crippen molar-refractivity contribution in [1.82, 2.24) is 15.1 Å². The lowest BCUT2D eigenvalue weighted by Gasteiger charge is -2.33. The zero-order chi connectivity index (χ0) is 16.2. The van der Waals surface area contributed by atoms with Crippen LogP contribution in [0.3, 0.4) is 0 Å². The molecule has 142 valence electrons. The Morgan fingerprint density at radius 3 is 2.56 bits per heavy atom. The van der Waals surface area contributed by atoms with E-state index in [2.05, 4.69) is 27.4 Å². The van der Waals surface area contributed by atoms with Crippen molar-refractivity contribution in [3.05, 3.63) is 29.1 Å². The molecule has 0 radical (unpaired) electrons. The number of likely N-dealkylation sites (N-methyl/N-ethyl adjacent to an activating group) is 1. The molecule has 2 N–H and O–H groups in total. The number of nitrogens with zero attached hydrogens (tertiary/aromatic N) is 2. The summed E-state index contributed by atoms with van der Waals surface area (Å²) in [6.45, 7) is 8.76. The van der Waals surface area contributed by atoms with Gasteiger partial charge in [0, 0.05) is 32.7 Å². The third-order valence-electron chi connectivity index (χ3n) is 4.76. The van der Waals surface area contributed by atoms with E-state index in [1.807, 2.05) is 6.07 Å². The molecule has 1 fully saturated rings. The smallest absolute Gasteiger partial charge is 0.238 e. The number of anilines is 1. The Morgan fingerprint density at radius 2 is 1.88 bits per heavy atom. The summed E-state index contributed by atoms with van der Waals surface area (Å²) < 4.78 is 14.5. The van der Waals surface area contributed by atoms with Crippen LogP contribution in [-0.2, 0) is 17.8 Å². The largest absolute Gasteiger partial charge is 0.322 e. The zero-order valence-corrected chi connectivity index (χ0v) is 16.1. The Hall–Kier alpha value is -0.920. The maximum absolute atomic E-state index is 14.5. The van der Waals surface area contributed by atoms with Gasteiger partial charge < -0.3 is 15.5 Å². The Bertz CT molecular complexity index is 580. The van der Waals surface area contributed by atoms with Crippen LogP contribution in [0.25, 0.3) is 0 Å². The summed E-state index contributed by atoms with van der Waals surface area (Å²) in [7, 11) is 0. The van der Waals surface area contributed by atoms with Crippen LogP contribution in [0.15, 0.2) is 12.1 Å². The van der Waals surface area contributed by atoms with Gasteiger partial charge in [-0.05, 0) is 36.7 Å². The maximum atomic E-state index is 14.5. The molecule has 0 atom stereocenters. The van der Waals surface area contributed by atoms with Crippen LogP contribution in [0.5, 0.6) is 0 Å². The number of hydrogen-bond donors (Lipinski definition) is 2. The van der Waals surface area contributed by atoms with Crippen LogP contribution in [-0.4, -0.2) is 61.5 Å². The quantitative estimate of drug-likeness (QED) is 0.821. The van der Waals surface area contributed by atoms with E-state index in [1.165, 1.54) is 0 Å². The summed E-state index contributed by atoms with van der Waals surface area (Å²) in [5.41, 5.74) is 2.03. The molecule has 1 aromatic rings. The highest BCUT2D eigenvalue weighted by atomic mass is 35.5. The van der Waals surface area contributed by atoms with Crippen molar-refractivity contribution >= 4 is 36.4 Å². The number of rotatable bonds is 4. The molecule has 0 aliphatic carbocycles. The molecule has 2 aliphatic rings. The molecule has 0 unspecified atom stereocenters. The Kier molecular flexibility index (Phi) is 9.10. The number of halogens is 3. The van der Waals surface area contributed by atoms with E-state index in [0.29, 0.717) is 25.2 Å². The first-order chi connectivity index (χ1) is 11.2. The molecule has 2 aliphatic heterocycles. The van der Waals surface area contributed by atoms with Gasteiger partial charge in [0.15, 0.2) is 0 Å². The van der Waals surface area contributed by atoms with Gasteiger partial charge in [0.25, 0.3) is 0 Å². The first-order valence-electron chi connectivity index (χ1n) is 8.43. The highest BCUT2D eigenvalue weighted by Crippen LogP contribution is 2.24. The van der Waals surface area contributed by atoms with Crippen molar-refractivity contribution in [3.8, 4) is 0 Å². The second kappa shape index (κ2) is 10.3. The Labute approximate surface area is 161 Å². The van der Waals surface area contributed by atoms with Crippen LogP contribution < -0.4 is 10.6 Å². The van der Waals surface area contributed by atoms with Gasteiger partial charge in [-0.25, -0.2) is 4.39 Å². The number of fused-ring (bicyclic) bond motifs is 1. The highest BCUT2D eigenvalue weighted by molar-refractivity contribution is 5.92. The van der Waals surface area contributed by atoms with Crippen LogP contribution in [0, 0.1) is 5.82 Å². The van der Waals surface area contributed by atoms with Crippen molar-refractivity contribution in [1.29, 1.82) is 0 Å². The molecule has 5 nitrogen and oxygen atoms in total. The predicted octanol–water partition coefficient (Wildman–Crippen LogP) is 1.89. The molecule has 1 saturated heterocycles. The lowest BCUT2D eigenvalue weighted by atomic mass is 9.99. The molecule has 0 saturated carbocycles. The lowest BCUT2D eigenvalue weighted by Crippen LogP contribution is -2.48. The summed E-state index contributed by atoms with van der Waals surface area (Å²) in [5, 5.41) is 5.97. The molecule has 1 amide bonds. The van der Waals surface area contributed by atoms with Crippen molar-refractivity contribution in [2.24, 2.45) is 0 Å². The topological polar surface area (TPSA) is 47.6 Å². The number of amides is 1. The summed E-state index contributed by atoms with van der Waals surface area (Å²) >= 11 is 0. The van der Waals surface area contributed by atoms with Crippen molar-refractivity contribution < 1.29 is 9.18 Å². The standard InChI is InChI=1S/C17H25FN4O.2ClH/c1-2-21-7-9-22(10-8-21)12-16(23)20-15-4-3-13-11-19-6-5-14(13)17(15)18;;/h3-4,19H,2,5-12H2,1H3,(H,20,23);2*1H. The fourth-order valence-electron chi connectivity index (χ4n) is 3.29. The summed E-state index contributed by atoms with van der Waals surface area (Å²) in [6.07, 6.45) is 0.670. The van der Waals surface area contributed by atoms with Crippen LogP contribution in [0.4, 0.5) is 10.1 Å². The van der Waals surface area contributed by atoms with Crippen molar-refractivity contribution in [2.75, 3.05) is 51.1 Å². The Balaban J connectivity index is 0.00000156. The number of piperazine rings is 1. The minimum Gasteiger partial charge on any atom is -0.322 e. The molecular formula is C17H27Cl2FN4O. The molecule has 1 aromatic carbocycles. The fraction of sp³-hybridized carbons (Fsp3) is 0.588. The normalized spacial score (nSPS) is 17.8. The summed E-state index contributed by atoms with van der Waals surface area (Å²) in [4.78, 5) is 16.7. The summed E-state index contributed by atoms with van der Waals surface area (Å²) in [5.74, 6) is -0.407. The average molecular weight is 393 g/mol. The van der Waals surface area contributed by atoms with E-state index in [4.69, 9.17) is 0 Å². The maximum Gasteiger partial charge on any atom is 0.238 e. The average Bonchev–Trinajstić information content (AvgIpc) is 2.58. The van der Waals surface area contributed by atoms with Gasteiger partial charge >= 0.3 is 0 Å². The fourth-order valence-corrected chi connectivity index (χ4v) is 3.29. The third kappa shape index (κ3) is 5.53. The minimum absolute atomic E-state index is 0. The molecule has 25 heavy (non-hydrogen) atoms. The van der Waals surface area contributed by atoms with Gasteiger partial charge in [-0.3, -0.25) is 9.69 Å². The number of carbonyl (C=O) groups excluding carboxylic acids is 1. The number of nitrogens with one attached hydrogen (secondary N) is 2. The molecule has 2 heterocycles. The monoisotopic (exact) mass is 392 g/mol. The second-order valence-electron chi connectivity index (χ2n) is 6.25. The number of benzene rings is 1. The molecule has 3 rings (SSSR count). The summed E-state index contributed by atoms with van der Waals surface area (Å²) in [6, 6.07) is 3.58. The number of hydrogen-bond acceptors (Lipinski definition) is 4. The Morgan fingerprint density at radius 1 is 1.20 bits per heavy atom. The van der Waals surface area contributed by atoms with E-state index in [0.717, 1.165) is 50.4 Å². The van der Waals surface area contributed by atoms with Gasteiger partial charge in [-0.1, -0.05) is 13.0 Å². The van der Waals surface area contributed by atoms with Gasteiger partial charge in [0.2, 0.25) is 5.91 Å². The van der Waals surface area contributed by atoms with E-state index in [-0.39, 0.29) is 36.5 Å². The van der Waals surface area contributed by atoms with Crippen molar-refractivity contribution in [2.45, 2.75) is 19.9 Å². The van der Waals surface area contributed by atoms with Crippen molar-refractivity contribution in [3.63, 3.8) is 0 Å². The first kappa shape index (κ1) is 22.1. The van der Waals surface area contributed by atoms with E-state index in [9.17, 15) is 9.18 Å². The molecule has 0 aromatic heterocycles. The van der Waals surface area contributed by atoms with Gasteiger partial charge in [0.05, 0.1) is 12.2 Å².